The van der Waals surface area contributed by atoms with Crippen LogP contribution < -0.4 is 0 Å². The SMILES string of the molecule is O=[S@](c1ccccc1)c1c[nH]c2cc(Cl)ccc12. The number of rotatable bonds is 2. The molecule has 0 aliphatic heterocycles. The van der Waals surface area contributed by atoms with Crippen molar-refractivity contribution in [2.45, 2.75) is 9.79 Å². The Balaban J connectivity index is 2.13. The fourth-order valence-corrected chi connectivity index (χ4v) is 3.27. The highest BCUT2D eigenvalue weighted by Gasteiger charge is 2.12. The Bertz CT molecular complexity index is 721. The first-order chi connectivity index (χ1) is 8.75. The number of fused-ring (bicyclic) bond motifs is 1. The lowest BCUT2D eigenvalue weighted by molar-refractivity contribution is 0.683. The summed E-state index contributed by atoms with van der Waals surface area (Å²) in [7, 11) is -1.17. The minimum absolute atomic E-state index is 0.668. The summed E-state index contributed by atoms with van der Waals surface area (Å²) in [6, 6.07) is 15.0. The molecule has 0 aliphatic rings. The summed E-state index contributed by atoms with van der Waals surface area (Å²) in [5.41, 5.74) is 0.904. The van der Waals surface area contributed by atoms with Crippen LogP contribution >= 0.6 is 11.6 Å². The van der Waals surface area contributed by atoms with Crippen LogP contribution in [0.25, 0.3) is 10.9 Å². The van der Waals surface area contributed by atoms with Gasteiger partial charge in [-0.2, -0.15) is 0 Å². The second kappa shape index (κ2) is 4.59. The predicted molar refractivity (Wildman–Crippen MR) is 74.4 cm³/mol. The number of hydrogen-bond acceptors (Lipinski definition) is 1. The molecule has 0 saturated heterocycles. The molecule has 3 rings (SSSR count). The number of benzene rings is 2. The third-order valence-corrected chi connectivity index (χ3v) is 4.44. The second-order valence-corrected chi connectivity index (χ2v) is 5.81. The van der Waals surface area contributed by atoms with E-state index in [9.17, 15) is 4.21 Å². The highest BCUT2D eigenvalue weighted by Crippen LogP contribution is 2.27. The molecular weight excluding hydrogens is 266 g/mol. The molecule has 0 amide bonds. The van der Waals surface area contributed by atoms with Crippen molar-refractivity contribution in [3.63, 3.8) is 0 Å². The van der Waals surface area contributed by atoms with E-state index in [-0.39, 0.29) is 0 Å². The van der Waals surface area contributed by atoms with Crippen molar-refractivity contribution in [2.24, 2.45) is 0 Å². The van der Waals surface area contributed by atoms with Gasteiger partial charge in [0.1, 0.15) is 0 Å². The van der Waals surface area contributed by atoms with E-state index in [1.165, 1.54) is 0 Å². The molecule has 1 aromatic heterocycles. The smallest absolute Gasteiger partial charge is 0.0871 e. The maximum Gasteiger partial charge on any atom is 0.0871 e. The normalized spacial score (nSPS) is 12.7. The molecule has 0 unspecified atom stereocenters. The van der Waals surface area contributed by atoms with Gasteiger partial charge in [-0.25, -0.2) is 4.21 Å². The Kier molecular flexibility index (Phi) is 2.94. The van der Waals surface area contributed by atoms with Gasteiger partial charge < -0.3 is 4.98 Å². The largest absolute Gasteiger partial charge is 0.360 e. The van der Waals surface area contributed by atoms with Crippen molar-refractivity contribution in [1.29, 1.82) is 0 Å². The maximum atomic E-state index is 12.5. The molecule has 1 atom stereocenters. The molecule has 18 heavy (non-hydrogen) atoms. The van der Waals surface area contributed by atoms with Crippen LogP contribution in [0.15, 0.2) is 64.5 Å². The van der Waals surface area contributed by atoms with Crippen molar-refractivity contribution < 1.29 is 4.21 Å². The minimum atomic E-state index is -1.17. The summed E-state index contributed by atoms with van der Waals surface area (Å²) in [6.07, 6.45) is 1.78. The second-order valence-electron chi connectivity index (χ2n) is 3.92. The lowest BCUT2D eigenvalue weighted by atomic mass is 10.2. The van der Waals surface area contributed by atoms with Gasteiger partial charge in [-0.15, -0.1) is 0 Å². The number of H-pyrrole nitrogens is 1. The fourth-order valence-electron chi connectivity index (χ4n) is 1.90. The summed E-state index contributed by atoms with van der Waals surface area (Å²) < 4.78 is 12.5. The van der Waals surface area contributed by atoms with Gasteiger partial charge in [0, 0.05) is 27.0 Å². The molecular formula is C14H10ClNOS. The predicted octanol–water partition coefficient (Wildman–Crippen LogP) is 3.99. The van der Waals surface area contributed by atoms with Crippen LogP contribution in [0.4, 0.5) is 0 Å². The molecule has 2 aromatic carbocycles. The third kappa shape index (κ3) is 1.96. The van der Waals surface area contributed by atoms with Gasteiger partial charge in [0.05, 0.1) is 15.7 Å². The Morgan fingerprint density at radius 2 is 1.83 bits per heavy atom. The quantitative estimate of drug-likeness (QED) is 0.754. The molecule has 4 heteroatoms. The van der Waals surface area contributed by atoms with Crippen molar-refractivity contribution in [2.75, 3.05) is 0 Å². The first kappa shape index (κ1) is 11.5. The zero-order valence-electron chi connectivity index (χ0n) is 9.39. The van der Waals surface area contributed by atoms with E-state index >= 15 is 0 Å². The van der Waals surface area contributed by atoms with Crippen LogP contribution in [0.1, 0.15) is 0 Å². The summed E-state index contributed by atoms with van der Waals surface area (Å²) in [5.74, 6) is 0. The fraction of sp³-hybridized carbons (Fsp3) is 0. The molecule has 0 fully saturated rings. The van der Waals surface area contributed by atoms with Gasteiger partial charge in [-0.1, -0.05) is 35.9 Å². The lowest BCUT2D eigenvalue weighted by Crippen LogP contribution is -1.90. The summed E-state index contributed by atoms with van der Waals surface area (Å²) in [4.78, 5) is 4.69. The van der Waals surface area contributed by atoms with Crippen LogP contribution in [0.3, 0.4) is 0 Å². The topological polar surface area (TPSA) is 32.9 Å². The molecule has 1 heterocycles. The Hall–Kier alpha value is -1.58. The van der Waals surface area contributed by atoms with E-state index in [1.807, 2.05) is 48.5 Å². The van der Waals surface area contributed by atoms with E-state index in [2.05, 4.69) is 4.98 Å². The third-order valence-electron chi connectivity index (χ3n) is 2.76. The molecule has 0 spiro atoms. The Morgan fingerprint density at radius 3 is 2.61 bits per heavy atom. The van der Waals surface area contributed by atoms with Crippen LogP contribution in [-0.2, 0) is 10.8 Å². The van der Waals surface area contributed by atoms with Crippen LogP contribution in [0.2, 0.25) is 5.02 Å². The average Bonchev–Trinajstić information content (AvgIpc) is 2.81. The first-order valence-corrected chi connectivity index (χ1v) is 7.02. The first-order valence-electron chi connectivity index (χ1n) is 5.49. The molecule has 90 valence electrons. The van der Waals surface area contributed by atoms with Crippen molar-refractivity contribution >= 4 is 33.3 Å². The highest BCUT2D eigenvalue weighted by atomic mass is 35.5. The van der Waals surface area contributed by atoms with Crippen LogP contribution in [0.5, 0.6) is 0 Å². The molecule has 0 bridgehead atoms. The van der Waals surface area contributed by atoms with Gasteiger partial charge in [0.25, 0.3) is 0 Å². The molecule has 1 N–H and O–H groups in total. The Labute approximate surface area is 112 Å². The van der Waals surface area contributed by atoms with E-state index in [0.29, 0.717) is 5.02 Å². The number of aromatic amines is 1. The van der Waals surface area contributed by atoms with E-state index in [4.69, 9.17) is 11.6 Å². The van der Waals surface area contributed by atoms with E-state index < -0.39 is 10.8 Å². The average molecular weight is 276 g/mol. The summed E-state index contributed by atoms with van der Waals surface area (Å²) in [5, 5.41) is 1.61. The van der Waals surface area contributed by atoms with Crippen LogP contribution in [0, 0.1) is 0 Å². The highest BCUT2D eigenvalue weighted by molar-refractivity contribution is 7.85. The summed E-state index contributed by atoms with van der Waals surface area (Å²) in [6.45, 7) is 0. The molecule has 3 aromatic rings. The number of hydrogen-bond donors (Lipinski definition) is 1. The van der Waals surface area contributed by atoms with Gasteiger partial charge in [0.2, 0.25) is 0 Å². The zero-order chi connectivity index (χ0) is 12.5. The standard InChI is InChI=1S/C14H10ClNOS/c15-10-6-7-12-13(8-10)16-9-14(12)18(17)11-4-2-1-3-5-11/h1-9,16H/t18-/m1/s1. The molecule has 0 saturated carbocycles. The zero-order valence-corrected chi connectivity index (χ0v) is 11.0. The van der Waals surface area contributed by atoms with Crippen molar-refractivity contribution in [1.82, 2.24) is 4.98 Å². The number of aromatic nitrogens is 1. The lowest BCUT2D eigenvalue weighted by Gasteiger charge is -2.00. The van der Waals surface area contributed by atoms with Gasteiger partial charge in [0.15, 0.2) is 0 Å². The van der Waals surface area contributed by atoms with E-state index in [0.717, 1.165) is 20.7 Å². The maximum absolute atomic E-state index is 12.5. The van der Waals surface area contributed by atoms with Crippen molar-refractivity contribution in [3.8, 4) is 0 Å². The molecule has 0 aliphatic carbocycles. The Morgan fingerprint density at radius 1 is 1.06 bits per heavy atom. The molecule has 0 radical (unpaired) electrons. The minimum Gasteiger partial charge on any atom is -0.360 e. The van der Waals surface area contributed by atoms with Crippen molar-refractivity contribution in [3.05, 3.63) is 59.8 Å². The number of halogens is 1. The number of nitrogens with one attached hydrogen (secondary N) is 1. The molecule has 2 nitrogen and oxygen atoms in total. The van der Waals surface area contributed by atoms with Gasteiger partial charge >= 0.3 is 0 Å². The van der Waals surface area contributed by atoms with Crippen LogP contribution in [-0.4, -0.2) is 9.19 Å². The van der Waals surface area contributed by atoms with E-state index in [1.54, 1.807) is 6.20 Å². The monoisotopic (exact) mass is 275 g/mol. The van der Waals surface area contributed by atoms with Gasteiger partial charge in [-0.3, -0.25) is 0 Å². The summed E-state index contributed by atoms with van der Waals surface area (Å²) >= 11 is 5.93. The van der Waals surface area contributed by atoms with Gasteiger partial charge in [-0.05, 0) is 24.3 Å².